The summed E-state index contributed by atoms with van der Waals surface area (Å²) in [6, 6.07) is 28.6. The van der Waals surface area contributed by atoms with Crippen molar-refractivity contribution in [1.29, 1.82) is 0 Å². The Kier molecular flexibility index (Phi) is 4.52. The molecule has 0 spiro atoms. The lowest BCUT2D eigenvalue weighted by molar-refractivity contribution is 0.669. The molecule has 0 bridgehead atoms. The van der Waals surface area contributed by atoms with E-state index >= 15 is 0 Å². The maximum absolute atomic E-state index is 9.29. The Morgan fingerprint density at radius 2 is 1.10 bits per heavy atom. The maximum Gasteiger partial charge on any atom is 0.164 e. The Hall–Kier alpha value is -6.85. The second kappa shape index (κ2) is 11.4. The Morgan fingerprint density at radius 1 is 0.460 bits per heavy atom. The van der Waals surface area contributed by atoms with Crippen LogP contribution in [0.25, 0.3) is 94.7 Å². The van der Waals surface area contributed by atoms with Gasteiger partial charge < -0.3 is 8.98 Å². The highest BCUT2D eigenvalue weighted by Crippen LogP contribution is 2.41. The van der Waals surface area contributed by atoms with Gasteiger partial charge in [-0.05, 0) is 41.9 Å². The molecule has 3 heterocycles. The monoisotopic (exact) mass is 650 g/mol. The van der Waals surface area contributed by atoms with Crippen molar-refractivity contribution >= 4 is 43.7 Å². The normalized spacial score (nSPS) is 14.4. The standard InChI is InChI=1S/C45H28N4O/c1-3-14-29(15-4-1)43-46-44(30-16-5-2-6-17-30)48-45(47-43)35-21-13-25-41-42(35)36-28-31(26-27-40(36)50-41)32-18-7-10-22-37(32)49-38-23-11-8-19-33(38)34-20-9-12-24-39(34)49/h1-28H/i8D,9D,10D,11D,12D,18D,19D,20D,23D,24D. The van der Waals surface area contributed by atoms with Gasteiger partial charge >= 0.3 is 0 Å². The summed E-state index contributed by atoms with van der Waals surface area (Å²) in [5.74, 6) is 1.35. The van der Waals surface area contributed by atoms with E-state index in [0.717, 1.165) is 11.1 Å². The van der Waals surface area contributed by atoms with Crippen LogP contribution in [0, 0.1) is 0 Å². The molecule has 7 aromatic carbocycles. The molecule has 0 unspecified atom stereocenters. The molecule has 0 aliphatic rings. The lowest BCUT2D eigenvalue weighted by atomic mass is 9.99. The second-order valence-electron chi connectivity index (χ2n) is 11.7. The van der Waals surface area contributed by atoms with Gasteiger partial charge in [-0.25, -0.2) is 15.0 Å². The van der Waals surface area contributed by atoms with Gasteiger partial charge in [-0.2, -0.15) is 0 Å². The van der Waals surface area contributed by atoms with E-state index in [9.17, 15) is 1.37 Å². The third-order valence-electron chi connectivity index (χ3n) is 8.77. The first-order chi connectivity index (χ1) is 28.9. The summed E-state index contributed by atoms with van der Waals surface area (Å²) >= 11 is 0. The van der Waals surface area contributed by atoms with Crippen molar-refractivity contribution in [2.24, 2.45) is 0 Å². The number of nitrogens with zero attached hydrogens (tertiary/aromatic N) is 4. The smallest absolute Gasteiger partial charge is 0.164 e. The highest BCUT2D eigenvalue weighted by atomic mass is 16.3. The molecule has 0 atom stereocenters. The van der Waals surface area contributed by atoms with Crippen LogP contribution in [-0.2, 0) is 0 Å². The molecule has 0 aliphatic carbocycles. The minimum absolute atomic E-state index is 0.0918. The number of rotatable bonds is 5. The fourth-order valence-electron chi connectivity index (χ4n) is 6.55. The quantitative estimate of drug-likeness (QED) is 0.186. The van der Waals surface area contributed by atoms with Crippen molar-refractivity contribution in [2.75, 3.05) is 0 Å². The molecule has 0 N–H and O–H groups in total. The van der Waals surface area contributed by atoms with Gasteiger partial charge in [0.25, 0.3) is 0 Å². The van der Waals surface area contributed by atoms with Crippen molar-refractivity contribution in [3.63, 3.8) is 0 Å². The first-order valence-electron chi connectivity index (χ1n) is 20.9. The predicted octanol–water partition coefficient (Wildman–Crippen LogP) is 11.5. The molecular formula is C45H28N4O. The van der Waals surface area contributed by atoms with Crippen molar-refractivity contribution in [3.8, 4) is 51.0 Å². The van der Waals surface area contributed by atoms with Crippen LogP contribution in [0.2, 0.25) is 0 Å². The molecule has 0 fully saturated rings. The van der Waals surface area contributed by atoms with Gasteiger partial charge in [-0.3, -0.25) is 0 Å². The van der Waals surface area contributed by atoms with Crippen molar-refractivity contribution in [1.82, 2.24) is 19.5 Å². The van der Waals surface area contributed by atoms with Crippen LogP contribution in [-0.4, -0.2) is 19.5 Å². The van der Waals surface area contributed by atoms with Gasteiger partial charge in [0, 0.05) is 43.8 Å². The van der Waals surface area contributed by atoms with Crippen molar-refractivity contribution in [3.05, 3.63) is 170 Å². The van der Waals surface area contributed by atoms with Crippen LogP contribution in [0.1, 0.15) is 13.7 Å². The molecule has 10 aromatic rings. The lowest BCUT2D eigenvalue weighted by Crippen LogP contribution is -2.00. The molecular weight excluding hydrogens is 613 g/mol. The van der Waals surface area contributed by atoms with Crippen LogP contribution in [0.4, 0.5) is 0 Å². The number of fused-ring (bicyclic) bond motifs is 6. The number of hydrogen-bond donors (Lipinski definition) is 0. The van der Waals surface area contributed by atoms with Gasteiger partial charge in [0.1, 0.15) is 11.2 Å². The van der Waals surface area contributed by atoms with Crippen LogP contribution in [0.5, 0.6) is 0 Å². The van der Waals surface area contributed by atoms with Gasteiger partial charge in [-0.15, -0.1) is 0 Å². The van der Waals surface area contributed by atoms with E-state index in [0.29, 0.717) is 50.5 Å². The van der Waals surface area contributed by atoms with E-state index in [1.54, 1.807) is 12.1 Å². The van der Waals surface area contributed by atoms with E-state index in [1.807, 2.05) is 84.9 Å². The molecule has 0 amide bonds. The minimum atomic E-state index is -0.565. The van der Waals surface area contributed by atoms with Crippen molar-refractivity contribution < 1.29 is 18.1 Å². The van der Waals surface area contributed by atoms with E-state index in [2.05, 4.69) is 0 Å². The highest BCUT2D eigenvalue weighted by Gasteiger charge is 2.20. The molecule has 234 valence electrons. The van der Waals surface area contributed by atoms with Crippen molar-refractivity contribution in [2.45, 2.75) is 0 Å². The Morgan fingerprint density at radius 3 is 1.78 bits per heavy atom. The van der Waals surface area contributed by atoms with Gasteiger partial charge in [0.15, 0.2) is 17.5 Å². The third kappa shape index (κ3) is 4.52. The zero-order chi connectivity index (χ0) is 41.7. The second-order valence-corrected chi connectivity index (χ2v) is 11.7. The third-order valence-corrected chi connectivity index (χ3v) is 8.77. The number of furan rings is 1. The molecule has 5 nitrogen and oxygen atoms in total. The summed E-state index contributed by atoms with van der Waals surface area (Å²) in [5, 5.41) is 1.13. The number of benzene rings is 7. The summed E-state index contributed by atoms with van der Waals surface area (Å²) in [6.07, 6.45) is 0. The van der Waals surface area contributed by atoms with Crippen LogP contribution in [0.15, 0.2) is 174 Å². The Balaban J connectivity index is 1.27. The molecule has 0 aliphatic heterocycles. The fourth-order valence-corrected chi connectivity index (χ4v) is 6.55. The predicted molar refractivity (Wildman–Crippen MR) is 203 cm³/mol. The van der Waals surface area contributed by atoms with Crippen LogP contribution < -0.4 is 0 Å². The van der Waals surface area contributed by atoms with Crippen LogP contribution >= 0.6 is 0 Å². The number of aromatic nitrogens is 4. The summed E-state index contributed by atoms with van der Waals surface area (Å²) in [7, 11) is 0. The molecule has 50 heavy (non-hydrogen) atoms. The van der Waals surface area contributed by atoms with E-state index in [-0.39, 0.29) is 45.1 Å². The molecule has 0 radical (unpaired) electrons. The number of hydrogen-bond acceptors (Lipinski definition) is 4. The largest absolute Gasteiger partial charge is 0.456 e. The molecule has 10 rings (SSSR count). The first kappa shape index (κ1) is 19.8. The van der Waals surface area contributed by atoms with E-state index in [1.165, 1.54) is 16.7 Å². The van der Waals surface area contributed by atoms with Gasteiger partial charge in [-0.1, -0.05) is 133 Å². The van der Waals surface area contributed by atoms with Gasteiger partial charge in [0.05, 0.1) is 30.4 Å². The topological polar surface area (TPSA) is 56.7 Å². The Labute approximate surface area is 301 Å². The first-order valence-corrected chi connectivity index (χ1v) is 15.9. The summed E-state index contributed by atoms with van der Waals surface area (Å²) < 4.78 is 95.7. The Bertz CT molecular complexity index is 3310. The number of para-hydroxylation sites is 3. The molecule has 0 saturated heterocycles. The zero-order valence-electron chi connectivity index (χ0n) is 36.1. The molecule has 3 aromatic heterocycles. The highest BCUT2D eigenvalue weighted by molar-refractivity contribution is 6.13. The average molecular weight is 651 g/mol. The fraction of sp³-hybridized carbons (Fsp3) is 0. The molecule has 5 heteroatoms. The summed E-state index contributed by atoms with van der Waals surface area (Å²) in [6.45, 7) is 0. The van der Waals surface area contributed by atoms with E-state index in [4.69, 9.17) is 31.7 Å². The maximum atomic E-state index is 9.29. The average Bonchev–Trinajstić information content (AvgIpc) is 3.83. The SMILES string of the molecule is [2H]c1cc([2H])c(-c2ccc3oc4cccc(-c5nc(-c6ccccc6)nc(-c6ccccc6)n5)c4c3c2)c(-n2c3c([2H])c([2H])c([2H])c([2H])c3c3c([2H])c([2H])c([2H])c([2H])c32)c1. The van der Waals surface area contributed by atoms with E-state index < -0.39 is 48.3 Å². The van der Waals surface area contributed by atoms with Crippen LogP contribution in [0.3, 0.4) is 0 Å². The van der Waals surface area contributed by atoms with Gasteiger partial charge in [0.2, 0.25) is 0 Å². The molecule has 0 saturated carbocycles. The minimum Gasteiger partial charge on any atom is -0.456 e. The summed E-state index contributed by atoms with van der Waals surface area (Å²) in [5.41, 5.74) is 3.95. The lowest BCUT2D eigenvalue weighted by Gasteiger charge is -2.14. The zero-order valence-corrected chi connectivity index (χ0v) is 26.1. The summed E-state index contributed by atoms with van der Waals surface area (Å²) in [4.78, 5) is 14.8.